The zero-order valence-electron chi connectivity index (χ0n) is 21.0. The van der Waals surface area contributed by atoms with Gasteiger partial charge in [0, 0.05) is 44.1 Å². The van der Waals surface area contributed by atoms with Crippen LogP contribution in [0.25, 0.3) is 28.3 Å². The molecule has 3 aliphatic rings. The minimum Gasteiger partial charge on any atom is -0.381 e. The number of ether oxygens (including phenoxy) is 1. The second kappa shape index (κ2) is 9.63. The molecule has 3 fully saturated rings. The Kier molecular flexibility index (Phi) is 6.18. The van der Waals surface area contributed by atoms with Gasteiger partial charge in [-0.15, -0.1) is 0 Å². The number of aromatic nitrogens is 6. The topological polar surface area (TPSA) is 94.2 Å². The zero-order chi connectivity index (χ0) is 24.5. The number of fused-ring (bicyclic) bond motifs is 1. The predicted molar refractivity (Wildman–Crippen MR) is 140 cm³/mol. The SMILES string of the molecule is CC.c1cc(NC2CC3(CNC3)C2)nc(-c2cnc3ccc(-c4cnn(C5CCOCC5)c4)nn23)c1. The second-order valence-electron chi connectivity index (χ2n) is 9.95. The molecule has 36 heavy (non-hydrogen) atoms. The fraction of sp³-hybridized carbons (Fsp3) is 0.481. The lowest BCUT2D eigenvalue weighted by Crippen LogP contribution is -2.63. The molecule has 2 aliphatic heterocycles. The van der Waals surface area contributed by atoms with E-state index in [-0.39, 0.29) is 0 Å². The summed E-state index contributed by atoms with van der Waals surface area (Å²) in [4.78, 5) is 9.45. The van der Waals surface area contributed by atoms with E-state index in [1.807, 2.05) is 61.1 Å². The molecular weight excluding hydrogens is 452 g/mol. The van der Waals surface area contributed by atoms with Crippen LogP contribution >= 0.6 is 0 Å². The van der Waals surface area contributed by atoms with E-state index in [9.17, 15) is 0 Å². The lowest BCUT2D eigenvalue weighted by atomic mass is 9.62. The number of nitrogens with zero attached hydrogens (tertiary/aromatic N) is 6. The van der Waals surface area contributed by atoms with Crippen molar-refractivity contribution in [2.45, 2.75) is 51.6 Å². The average Bonchev–Trinajstić information content (AvgIpc) is 3.54. The van der Waals surface area contributed by atoms with Crippen LogP contribution in [0.3, 0.4) is 0 Å². The van der Waals surface area contributed by atoms with Crippen LogP contribution in [0.5, 0.6) is 0 Å². The van der Waals surface area contributed by atoms with E-state index in [1.165, 1.54) is 12.8 Å². The highest BCUT2D eigenvalue weighted by Gasteiger charge is 2.48. The first-order valence-electron chi connectivity index (χ1n) is 13.2. The number of imidazole rings is 1. The number of hydrogen-bond acceptors (Lipinski definition) is 7. The van der Waals surface area contributed by atoms with Crippen LogP contribution in [0.2, 0.25) is 0 Å². The van der Waals surface area contributed by atoms with Crippen molar-refractivity contribution in [3.8, 4) is 22.6 Å². The van der Waals surface area contributed by atoms with E-state index in [0.29, 0.717) is 17.5 Å². The molecule has 0 atom stereocenters. The van der Waals surface area contributed by atoms with Gasteiger partial charge in [0.25, 0.3) is 0 Å². The highest BCUT2D eigenvalue weighted by Crippen LogP contribution is 2.45. The minimum atomic E-state index is 0.389. The standard InChI is InChI=1S/C25H28N8O.C2H6/c1-2-21(30-23(3-1)29-18-10-25(11-18)15-26-16-25)22-13-27-24-5-4-20(31-33(22)24)17-12-28-32(14-17)19-6-8-34-9-7-19;1-2/h1-5,12-14,18-19,26H,6-11,15-16H2,(H,29,30);1-2H3. The maximum Gasteiger partial charge on any atom is 0.154 e. The van der Waals surface area contributed by atoms with Gasteiger partial charge in [0.05, 0.1) is 29.8 Å². The molecule has 6 heterocycles. The van der Waals surface area contributed by atoms with Crippen LogP contribution in [0.4, 0.5) is 5.82 Å². The van der Waals surface area contributed by atoms with Gasteiger partial charge < -0.3 is 15.4 Å². The molecule has 4 aromatic rings. The van der Waals surface area contributed by atoms with Crippen LogP contribution in [0, 0.1) is 5.41 Å². The summed E-state index contributed by atoms with van der Waals surface area (Å²) in [6, 6.07) is 11.0. The monoisotopic (exact) mass is 486 g/mol. The molecule has 4 aromatic heterocycles. The third kappa shape index (κ3) is 4.26. The quantitative estimate of drug-likeness (QED) is 0.437. The minimum absolute atomic E-state index is 0.389. The van der Waals surface area contributed by atoms with Gasteiger partial charge in [-0.1, -0.05) is 19.9 Å². The number of rotatable bonds is 5. The molecule has 0 aromatic carbocycles. The predicted octanol–water partition coefficient (Wildman–Crippen LogP) is 4.20. The van der Waals surface area contributed by atoms with Gasteiger partial charge in [0.15, 0.2) is 5.65 Å². The Hall–Kier alpha value is -3.30. The Morgan fingerprint density at radius 1 is 1.03 bits per heavy atom. The van der Waals surface area contributed by atoms with Crippen LogP contribution in [0.15, 0.2) is 48.9 Å². The average molecular weight is 487 g/mol. The van der Waals surface area contributed by atoms with Crippen LogP contribution in [0.1, 0.15) is 45.6 Å². The first kappa shape index (κ1) is 23.1. The van der Waals surface area contributed by atoms with E-state index in [0.717, 1.165) is 73.3 Å². The van der Waals surface area contributed by atoms with Crippen LogP contribution in [-0.4, -0.2) is 61.7 Å². The number of hydrogen-bond donors (Lipinski definition) is 2. The molecule has 9 nitrogen and oxygen atoms in total. The molecule has 0 bridgehead atoms. The molecule has 7 rings (SSSR count). The van der Waals surface area contributed by atoms with Crippen LogP contribution in [-0.2, 0) is 4.74 Å². The molecule has 2 saturated heterocycles. The van der Waals surface area contributed by atoms with E-state index >= 15 is 0 Å². The Morgan fingerprint density at radius 3 is 2.64 bits per heavy atom. The third-order valence-corrected chi connectivity index (χ3v) is 7.55. The number of nitrogens with one attached hydrogen (secondary N) is 2. The Bertz CT molecular complexity index is 1330. The summed E-state index contributed by atoms with van der Waals surface area (Å²) in [5, 5.41) is 16.5. The Labute approximate surface area is 211 Å². The molecule has 0 amide bonds. The summed E-state index contributed by atoms with van der Waals surface area (Å²) in [5.41, 5.74) is 4.95. The summed E-state index contributed by atoms with van der Waals surface area (Å²) < 4.78 is 9.42. The van der Waals surface area contributed by atoms with E-state index in [2.05, 4.69) is 31.6 Å². The van der Waals surface area contributed by atoms with Gasteiger partial charge in [-0.3, -0.25) is 4.68 Å². The highest BCUT2D eigenvalue weighted by molar-refractivity contribution is 5.64. The van der Waals surface area contributed by atoms with E-state index in [1.54, 1.807) is 0 Å². The third-order valence-electron chi connectivity index (χ3n) is 7.55. The van der Waals surface area contributed by atoms with Gasteiger partial charge >= 0.3 is 0 Å². The number of anilines is 1. The Morgan fingerprint density at radius 2 is 1.86 bits per heavy atom. The van der Waals surface area contributed by atoms with Gasteiger partial charge in [0.1, 0.15) is 11.5 Å². The lowest BCUT2D eigenvalue weighted by molar-refractivity contribution is 0.0469. The normalized spacial score (nSPS) is 19.4. The summed E-state index contributed by atoms with van der Waals surface area (Å²) in [6.07, 6.45) is 10.3. The maximum atomic E-state index is 5.49. The summed E-state index contributed by atoms with van der Waals surface area (Å²) in [7, 11) is 0. The molecular formula is C27H34N8O. The first-order valence-corrected chi connectivity index (χ1v) is 13.2. The molecule has 1 aliphatic carbocycles. The summed E-state index contributed by atoms with van der Waals surface area (Å²) in [6.45, 7) is 7.90. The molecule has 9 heteroatoms. The van der Waals surface area contributed by atoms with Gasteiger partial charge in [0.2, 0.25) is 0 Å². The fourth-order valence-corrected chi connectivity index (χ4v) is 5.54. The zero-order valence-corrected chi connectivity index (χ0v) is 21.0. The molecule has 1 saturated carbocycles. The largest absolute Gasteiger partial charge is 0.381 e. The van der Waals surface area contributed by atoms with E-state index < -0.39 is 0 Å². The van der Waals surface area contributed by atoms with Crippen molar-refractivity contribution < 1.29 is 4.74 Å². The highest BCUT2D eigenvalue weighted by atomic mass is 16.5. The molecule has 0 unspecified atom stereocenters. The molecule has 2 N–H and O–H groups in total. The van der Waals surface area contributed by atoms with Gasteiger partial charge in [-0.25, -0.2) is 14.5 Å². The fourth-order valence-electron chi connectivity index (χ4n) is 5.54. The van der Waals surface area contributed by atoms with Crippen molar-refractivity contribution in [2.75, 3.05) is 31.6 Å². The summed E-state index contributed by atoms with van der Waals surface area (Å²) in [5.74, 6) is 0.911. The lowest BCUT2D eigenvalue weighted by Gasteiger charge is -2.54. The van der Waals surface area contributed by atoms with Crippen molar-refractivity contribution >= 4 is 11.5 Å². The van der Waals surface area contributed by atoms with Crippen molar-refractivity contribution in [1.29, 1.82) is 0 Å². The summed E-state index contributed by atoms with van der Waals surface area (Å²) >= 11 is 0. The van der Waals surface area contributed by atoms with Crippen LogP contribution < -0.4 is 10.6 Å². The van der Waals surface area contributed by atoms with Crippen molar-refractivity contribution in [3.05, 3.63) is 48.9 Å². The molecule has 188 valence electrons. The Balaban J connectivity index is 0.00000117. The van der Waals surface area contributed by atoms with Crippen molar-refractivity contribution in [3.63, 3.8) is 0 Å². The second-order valence-corrected chi connectivity index (χ2v) is 9.95. The van der Waals surface area contributed by atoms with E-state index in [4.69, 9.17) is 14.8 Å². The number of pyridine rings is 1. The van der Waals surface area contributed by atoms with Crippen molar-refractivity contribution in [1.82, 2.24) is 34.7 Å². The van der Waals surface area contributed by atoms with Crippen molar-refractivity contribution in [2.24, 2.45) is 5.41 Å². The maximum absolute atomic E-state index is 5.49. The smallest absolute Gasteiger partial charge is 0.154 e. The van der Waals surface area contributed by atoms with Gasteiger partial charge in [-0.05, 0) is 55.4 Å². The molecule has 0 radical (unpaired) electrons. The molecule has 1 spiro atoms. The van der Waals surface area contributed by atoms with Gasteiger partial charge in [-0.2, -0.15) is 10.2 Å². The first-order chi connectivity index (χ1) is 17.7.